The zero-order valence-electron chi connectivity index (χ0n) is 17.0. The van der Waals surface area contributed by atoms with Gasteiger partial charge in [-0.2, -0.15) is 5.10 Å². The third kappa shape index (κ3) is 5.18. The number of carbonyl (C=O) groups is 2. The lowest BCUT2D eigenvalue weighted by Crippen LogP contribution is -2.19. The maximum absolute atomic E-state index is 12.5. The molecule has 31 heavy (non-hydrogen) atoms. The lowest BCUT2D eigenvalue weighted by atomic mass is 10.2. The highest BCUT2D eigenvalue weighted by Gasteiger charge is 2.16. The van der Waals surface area contributed by atoms with Crippen molar-refractivity contribution in [3.8, 4) is 17.2 Å². The van der Waals surface area contributed by atoms with Gasteiger partial charge >= 0.3 is 5.97 Å². The van der Waals surface area contributed by atoms with Gasteiger partial charge in [0.1, 0.15) is 11.3 Å². The first-order valence-corrected chi connectivity index (χ1v) is 9.24. The highest BCUT2D eigenvalue weighted by molar-refractivity contribution is 5.99. The van der Waals surface area contributed by atoms with Crippen LogP contribution < -0.4 is 25.4 Å². The van der Waals surface area contributed by atoms with Gasteiger partial charge in [-0.3, -0.25) is 4.79 Å². The van der Waals surface area contributed by atoms with Crippen molar-refractivity contribution in [2.75, 3.05) is 20.0 Å². The maximum atomic E-state index is 12.5. The Bertz CT molecular complexity index is 1130. The standard InChI is InChI=1S/C23H21N3O5/c1-29-19-10-6-4-8-17(19)23(28)31-20-12-11-15(13-21(20)30-2)14-25-26-22(27)16-7-3-5-9-18(16)24/h3-14H,24H2,1-2H3,(H,26,27)/b25-14-. The van der Waals surface area contributed by atoms with Crippen LogP contribution in [0.1, 0.15) is 26.3 Å². The summed E-state index contributed by atoms with van der Waals surface area (Å²) in [5.41, 5.74) is 9.80. The van der Waals surface area contributed by atoms with Gasteiger partial charge < -0.3 is 19.9 Å². The second-order valence-electron chi connectivity index (χ2n) is 6.29. The van der Waals surface area contributed by atoms with Gasteiger partial charge in [0.2, 0.25) is 0 Å². The van der Waals surface area contributed by atoms with Gasteiger partial charge in [-0.05, 0) is 48.0 Å². The summed E-state index contributed by atoms with van der Waals surface area (Å²) < 4.78 is 16.0. The molecule has 8 heteroatoms. The fourth-order valence-electron chi connectivity index (χ4n) is 2.75. The molecule has 0 radical (unpaired) electrons. The quantitative estimate of drug-likeness (QED) is 0.200. The first kappa shape index (κ1) is 21.4. The van der Waals surface area contributed by atoms with Gasteiger partial charge in [0.25, 0.3) is 5.91 Å². The first-order valence-electron chi connectivity index (χ1n) is 9.24. The minimum atomic E-state index is -0.579. The third-order valence-corrected chi connectivity index (χ3v) is 4.30. The number of esters is 1. The van der Waals surface area contributed by atoms with Crippen molar-refractivity contribution in [3.05, 3.63) is 83.4 Å². The number of para-hydroxylation sites is 2. The monoisotopic (exact) mass is 419 g/mol. The van der Waals surface area contributed by atoms with Crippen molar-refractivity contribution in [3.63, 3.8) is 0 Å². The fourth-order valence-corrected chi connectivity index (χ4v) is 2.75. The lowest BCUT2D eigenvalue weighted by Gasteiger charge is -2.11. The number of hydrogen-bond donors (Lipinski definition) is 2. The normalized spacial score (nSPS) is 10.5. The van der Waals surface area contributed by atoms with Gasteiger partial charge in [-0.25, -0.2) is 10.2 Å². The summed E-state index contributed by atoms with van der Waals surface area (Å²) in [7, 11) is 2.93. The van der Waals surface area contributed by atoms with Crippen molar-refractivity contribution in [1.29, 1.82) is 0 Å². The van der Waals surface area contributed by atoms with E-state index in [0.717, 1.165) is 0 Å². The van der Waals surface area contributed by atoms with Crippen molar-refractivity contribution in [2.45, 2.75) is 0 Å². The minimum Gasteiger partial charge on any atom is -0.496 e. The molecule has 3 aromatic rings. The Morgan fingerprint density at radius 3 is 2.26 bits per heavy atom. The highest BCUT2D eigenvalue weighted by atomic mass is 16.6. The van der Waals surface area contributed by atoms with E-state index < -0.39 is 11.9 Å². The average molecular weight is 419 g/mol. The molecule has 8 nitrogen and oxygen atoms in total. The molecule has 0 heterocycles. The first-order chi connectivity index (χ1) is 15.0. The molecule has 0 spiro atoms. The molecular weight excluding hydrogens is 398 g/mol. The molecule has 0 aliphatic carbocycles. The molecular formula is C23H21N3O5. The topological polar surface area (TPSA) is 112 Å². The summed E-state index contributed by atoms with van der Waals surface area (Å²) in [5, 5.41) is 3.94. The zero-order chi connectivity index (χ0) is 22.2. The second-order valence-corrected chi connectivity index (χ2v) is 6.29. The summed E-state index contributed by atoms with van der Waals surface area (Å²) in [4.78, 5) is 24.7. The van der Waals surface area contributed by atoms with E-state index in [1.807, 2.05) is 0 Å². The van der Waals surface area contributed by atoms with Crippen LogP contribution in [0.2, 0.25) is 0 Å². The van der Waals surface area contributed by atoms with Crippen LogP contribution in [-0.2, 0) is 0 Å². The van der Waals surface area contributed by atoms with Crippen LogP contribution in [0.15, 0.2) is 71.8 Å². The van der Waals surface area contributed by atoms with E-state index in [9.17, 15) is 9.59 Å². The molecule has 3 aromatic carbocycles. The van der Waals surface area contributed by atoms with Crippen molar-refractivity contribution in [1.82, 2.24) is 5.43 Å². The van der Waals surface area contributed by atoms with E-state index in [2.05, 4.69) is 10.5 Å². The molecule has 0 bridgehead atoms. The molecule has 0 atom stereocenters. The van der Waals surface area contributed by atoms with Crippen LogP contribution in [0.4, 0.5) is 5.69 Å². The summed E-state index contributed by atoms with van der Waals surface area (Å²) in [6.07, 6.45) is 1.44. The SMILES string of the molecule is COc1cc(/C=N\NC(=O)c2ccccc2N)ccc1OC(=O)c1ccccc1OC. The number of rotatable bonds is 7. The smallest absolute Gasteiger partial charge is 0.347 e. The number of nitrogen functional groups attached to an aromatic ring is 1. The van der Waals surface area contributed by atoms with E-state index in [1.165, 1.54) is 20.4 Å². The van der Waals surface area contributed by atoms with E-state index in [4.69, 9.17) is 19.9 Å². The lowest BCUT2D eigenvalue weighted by molar-refractivity contribution is 0.0726. The van der Waals surface area contributed by atoms with Gasteiger partial charge in [0.15, 0.2) is 11.5 Å². The number of ether oxygens (including phenoxy) is 3. The van der Waals surface area contributed by atoms with Crippen molar-refractivity contribution in [2.24, 2.45) is 5.10 Å². The summed E-state index contributed by atoms with van der Waals surface area (Å²) >= 11 is 0. The fraction of sp³-hybridized carbons (Fsp3) is 0.0870. The molecule has 0 unspecified atom stereocenters. The van der Waals surface area contributed by atoms with Crippen LogP contribution >= 0.6 is 0 Å². The Kier molecular flexibility index (Phi) is 6.85. The summed E-state index contributed by atoms with van der Waals surface area (Å²) in [6, 6.07) is 18.3. The molecule has 0 aliphatic rings. The van der Waals surface area contributed by atoms with Crippen LogP contribution in [0.25, 0.3) is 0 Å². The largest absolute Gasteiger partial charge is 0.496 e. The van der Waals surface area contributed by atoms with Crippen LogP contribution in [-0.4, -0.2) is 32.3 Å². The van der Waals surface area contributed by atoms with Crippen molar-refractivity contribution < 1.29 is 23.8 Å². The molecule has 1 amide bonds. The Morgan fingerprint density at radius 2 is 1.55 bits per heavy atom. The number of nitrogens with one attached hydrogen (secondary N) is 1. The predicted molar refractivity (Wildman–Crippen MR) is 117 cm³/mol. The van der Waals surface area contributed by atoms with Crippen molar-refractivity contribution >= 4 is 23.8 Å². The van der Waals surface area contributed by atoms with E-state index in [0.29, 0.717) is 33.9 Å². The number of hydrazone groups is 1. The third-order valence-electron chi connectivity index (χ3n) is 4.30. The molecule has 0 aliphatic heterocycles. The summed E-state index contributed by atoms with van der Waals surface area (Å²) in [6.45, 7) is 0. The minimum absolute atomic E-state index is 0.233. The van der Waals surface area contributed by atoms with Crippen LogP contribution in [0.3, 0.4) is 0 Å². The number of amides is 1. The van der Waals surface area contributed by atoms with E-state index in [1.54, 1.807) is 66.7 Å². The molecule has 0 saturated carbocycles. The maximum Gasteiger partial charge on any atom is 0.347 e. The average Bonchev–Trinajstić information content (AvgIpc) is 2.80. The molecule has 0 saturated heterocycles. The van der Waals surface area contributed by atoms with Gasteiger partial charge in [-0.1, -0.05) is 24.3 Å². The van der Waals surface area contributed by atoms with Crippen LogP contribution in [0, 0.1) is 0 Å². The Morgan fingerprint density at radius 1 is 0.871 bits per heavy atom. The number of nitrogens with two attached hydrogens (primary N) is 1. The number of anilines is 1. The predicted octanol–water partition coefficient (Wildman–Crippen LogP) is 3.27. The number of methoxy groups -OCH3 is 2. The number of carbonyl (C=O) groups excluding carboxylic acids is 2. The molecule has 0 aromatic heterocycles. The number of hydrogen-bond acceptors (Lipinski definition) is 7. The molecule has 0 fully saturated rings. The molecule has 158 valence electrons. The van der Waals surface area contributed by atoms with Gasteiger partial charge in [0.05, 0.1) is 26.0 Å². The number of nitrogens with zero attached hydrogens (tertiary/aromatic N) is 1. The highest BCUT2D eigenvalue weighted by Crippen LogP contribution is 2.29. The molecule has 3 rings (SSSR count). The Hall–Kier alpha value is -4.33. The zero-order valence-corrected chi connectivity index (χ0v) is 17.0. The Balaban J connectivity index is 1.71. The van der Waals surface area contributed by atoms with Gasteiger partial charge in [0, 0.05) is 5.69 Å². The Labute approximate surface area is 179 Å². The number of benzene rings is 3. The summed E-state index contributed by atoms with van der Waals surface area (Å²) in [5.74, 6) is -0.0407. The van der Waals surface area contributed by atoms with Gasteiger partial charge in [-0.15, -0.1) is 0 Å². The van der Waals surface area contributed by atoms with E-state index in [-0.39, 0.29) is 5.75 Å². The van der Waals surface area contributed by atoms with E-state index >= 15 is 0 Å². The second kappa shape index (κ2) is 9.93. The molecule has 3 N–H and O–H groups in total. The van der Waals surface area contributed by atoms with Crippen LogP contribution in [0.5, 0.6) is 17.2 Å².